The minimum absolute atomic E-state index is 0.399. The first-order chi connectivity index (χ1) is 8.02. The van der Waals surface area contributed by atoms with Gasteiger partial charge in [0.1, 0.15) is 0 Å². The molecule has 1 aromatic rings. The minimum atomic E-state index is 0.399. The van der Waals surface area contributed by atoms with Crippen molar-refractivity contribution in [2.45, 2.75) is 52.0 Å². The number of hydrogen-bond acceptors (Lipinski definition) is 1. The summed E-state index contributed by atoms with van der Waals surface area (Å²) in [4.78, 5) is 0. The highest BCUT2D eigenvalue weighted by Crippen LogP contribution is 2.47. The number of aryl methyl sites for hydroxylation is 1. The summed E-state index contributed by atoms with van der Waals surface area (Å²) in [5, 5.41) is 3.63. The Morgan fingerprint density at radius 2 is 2.06 bits per heavy atom. The average molecular weight is 231 g/mol. The van der Waals surface area contributed by atoms with Crippen molar-refractivity contribution >= 4 is 0 Å². The van der Waals surface area contributed by atoms with Crippen molar-refractivity contribution in [2.75, 3.05) is 6.54 Å². The highest BCUT2D eigenvalue weighted by Gasteiger charge is 2.43. The zero-order valence-electron chi connectivity index (χ0n) is 11.6. The summed E-state index contributed by atoms with van der Waals surface area (Å²) >= 11 is 0. The van der Waals surface area contributed by atoms with Gasteiger partial charge in [-0.1, -0.05) is 50.6 Å². The van der Waals surface area contributed by atoms with Gasteiger partial charge in [-0.2, -0.15) is 0 Å². The van der Waals surface area contributed by atoms with Crippen LogP contribution in [0.15, 0.2) is 24.3 Å². The molecule has 0 amide bonds. The van der Waals surface area contributed by atoms with Crippen LogP contribution in [-0.2, 0) is 5.41 Å². The molecule has 17 heavy (non-hydrogen) atoms. The first kappa shape index (κ1) is 12.6. The van der Waals surface area contributed by atoms with E-state index in [4.69, 9.17) is 0 Å². The summed E-state index contributed by atoms with van der Waals surface area (Å²) in [6, 6.07) is 9.64. The van der Waals surface area contributed by atoms with E-state index in [1.807, 2.05) is 0 Å². The molecule has 0 radical (unpaired) electrons. The van der Waals surface area contributed by atoms with Crippen LogP contribution in [0.4, 0.5) is 0 Å². The molecule has 1 aliphatic rings. The normalized spacial score (nSPS) is 28.2. The second-order valence-corrected chi connectivity index (χ2v) is 6.20. The number of hydrogen-bond donors (Lipinski definition) is 1. The molecule has 0 heterocycles. The SMILES string of the molecule is Cc1cccc(C2(CNC(C)C)CC(C)C2)c1. The monoisotopic (exact) mass is 231 g/mol. The Kier molecular flexibility index (Phi) is 3.58. The molecule has 0 saturated heterocycles. The maximum atomic E-state index is 3.63. The molecule has 1 saturated carbocycles. The van der Waals surface area contributed by atoms with E-state index in [9.17, 15) is 0 Å². The molecule has 1 fully saturated rings. The van der Waals surface area contributed by atoms with Crippen LogP contribution >= 0.6 is 0 Å². The lowest BCUT2D eigenvalue weighted by atomic mass is 9.59. The summed E-state index contributed by atoms with van der Waals surface area (Å²) < 4.78 is 0. The van der Waals surface area contributed by atoms with E-state index in [0.29, 0.717) is 11.5 Å². The predicted molar refractivity (Wildman–Crippen MR) is 74.4 cm³/mol. The third-order valence-electron chi connectivity index (χ3n) is 3.96. The molecule has 94 valence electrons. The molecule has 0 spiro atoms. The maximum absolute atomic E-state index is 3.63. The van der Waals surface area contributed by atoms with E-state index in [2.05, 4.69) is 57.3 Å². The lowest BCUT2D eigenvalue weighted by Gasteiger charge is -2.48. The first-order valence-corrected chi connectivity index (χ1v) is 6.82. The van der Waals surface area contributed by atoms with E-state index in [1.54, 1.807) is 0 Å². The average Bonchev–Trinajstić information content (AvgIpc) is 2.22. The summed E-state index contributed by atoms with van der Waals surface area (Å²) in [6.07, 6.45) is 2.66. The van der Waals surface area contributed by atoms with Gasteiger partial charge in [-0.25, -0.2) is 0 Å². The highest BCUT2D eigenvalue weighted by molar-refractivity contribution is 5.32. The topological polar surface area (TPSA) is 12.0 Å². The summed E-state index contributed by atoms with van der Waals surface area (Å²) in [6.45, 7) is 10.1. The van der Waals surface area contributed by atoms with E-state index in [-0.39, 0.29) is 0 Å². The van der Waals surface area contributed by atoms with Crippen LogP contribution in [-0.4, -0.2) is 12.6 Å². The molecule has 1 N–H and O–H groups in total. The molecule has 0 aromatic heterocycles. The van der Waals surface area contributed by atoms with Crippen molar-refractivity contribution < 1.29 is 0 Å². The van der Waals surface area contributed by atoms with Crippen LogP contribution in [0, 0.1) is 12.8 Å². The van der Waals surface area contributed by atoms with Crippen molar-refractivity contribution in [3.05, 3.63) is 35.4 Å². The molecule has 2 rings (SSSR count). The molecule has 0 atom stereocenters. The van der Waals surface area contributed by atoms with Gasteiger partial charge in [0.25, 0.3) is 0 Å². The van der Waals surface area contributed by atoms with E-state index in [0.717, 1.165) is 12.5 Å². The Balaban J connectivity index is 2.17. The first-order valence-electron chi connectivity index (χ1n) is 6.82. The number of rotatable bonds is 4. The van der Waals surface area contributed by atoms with Gasteiger partial charge in [0.05, 0.1) is 0 Å². The number of benzene rings is 1. The lowest BCUT2D eigenvalue weighted by Crippen LogP contribution is -2.49. The van der Waals surface area contributed by atoms with Gasteiger partial charge >= 0.3 is 0 Å². The zero-order chi connectivity index (χ0) is 12.5. The second-order valence-electron chi connectivity index (χ2n) is 6.20. The molecule has 0 bridgehead atoms. The lowest BCUT2D eigenvalue weighted by molar-refractivity contribution is 0.149. The third kappa shape index (κ3) is 2.71. The minimum Gasteiger partial charge on any atom is -0.314 e. The van der Waals surface area contributed by atoms with Crippen LogP contribution in [0.1, 0.15) is 44.7 Å². The van der Waals surface area contributed by atoms with Crippen molar-refractivity contribution in [3.8, 4) is 0 Å². The molecule has 0 unspecified atom stereocenters. The van der Waals surface area contributed by atoms with E-state index in [1.165, 1.54) is 24.0 Å². The summed E-state index contributed by atoms with van der Waals surface area (Å²) in [5.41, 5.74) is 3.31. The molecule has 1 heteroatoms. The van der Waals surface area contributed by atoms with Gasteiger partial charge < -0.3 is 5.32 Å². The predicted octanol–water partition coefficient (Wildman–Crippen LogP) is 3.66. The Bertz CT molecular complexity index is 375. The molecular weight excluding hydrogens is 206 g/mol. The van der Waals surface area contributed by atoms with Crippen LogP contribution in [0.25, 0.3) is 0 Å². The van der Waals surface area contributed by atoms with Gasteiger partial charge in [0.2, 0.25) is 0 Å². The Labute approximate surface area is 106 Å². The van der Waals surface area contributed by atoms with E-state index < -0.39 is 0 Å². The zero-order valence-corrected chi connectivity index (χ0v) is 11.6. The Morgan fingerprint density at radius 1 is 1.35 bits per heavy atom. The Morgan fingerprint density at radius 3 is 2.59 bits per heavy atom. The molecular formula is C16H25N. The molecule has 1 nitrogen and oxygen atoms in total. The quantitative estimate of drug-likeness (QED) is 0.834. The van der Waals surface area contributed by atoms with Gasteiger partial charge in [0.15, 0.2) is 0 Å². The third-order valence-corrected chi connectivity index (χ3v) is 3.96. The van der Waals surface area contributed by atoms with Gasteiger partial charge in [-0.3, -0.25) is 0 Å². The van der Waals surface area contributed by atoms with Gasteiger partial charge in [-0.05, 0) is 31.2 Å². The van der Waals surface area contributed by atoms with Crippen LogP contribution in [0.2, 0.25) is 0 Å². The van der Waals surface area contributed by atoms with Gasteiger partial charge in [-0.15, -0.1) is 0 Å². The van der Waals surface area contributed by atoms with Crippen LogP contribution < -0.4 is 5.32 Å². The fourth-order valence-electron chi connectivity index (χ4n) is 3.13. The standard InChI is InChI=1S/C16H25N/c1-12(2)17-11-16(9-14(4)10-16)15-7-5-6-13(3)8-15/h5-8,12,14,17H,9-11H2,1-4H3. The summed E-state index contributed by atoms with van der Waals surface area (Å²) in [5.74, 6) is 0.879. The number of nitrogens with one attached hydrogen (secondary N) is 1. The molecule has 0 aliphatic heterocycles. The Hall–Kier alpha value is -0.820. The largest absolute Gasteiger partial charge is 0.314 e. The fraction of sp³-hybridized carbons (Fsp3) is 0.625. The van der Waals surface area contributed by atoms with Crippen molar-refractivity contribution in [3.63, 3.8) is 0 Å². The maximum Gasteiger partial charge on any atom is 0.00830 e. The van der Waals surface area contributed by atoms with Crippen LogP contribution in [0.5, 0.6) is 0 Å². The fourth-order valence-corrected chi connectivity index (χ4v) is 3.13. The second kappa shape index (κ2) is 4.81. The summed E-state index contributed by atoms with van der Waals surface area (Å²) in [7, 11) is 0. The molecule has 1 aliphatic carbocycles. The van der Waals surface area contributed by atoms with E-state index >= 15 is 0 Å². The van der Waals surface area contributed by atoms with Crippen molar-refractivity contribution in [1.29, 1.82) is 0 Å². The molecule has 1 aromatic carbocycles. The van der Waals surface area contributed by atoms with Crippen LogP contribution in [0.3, 0.4) is 0 Å². The van der Waals surface area contributed by atoms with Crippen molar-refractivity contribution in [1.82, 2.24) is 5.32 Å². The van der Waals surface area contributed by atoms with Crippen molar-refractivity contribution in [2.24, 2.45) is 5.92 Å². The van der Waals surface area contributed by atoms with Gasteiger partial charge in [0, 0.05) is 18.0 Å². The highest BCUT2D eigenvalue weighted by atomic mass is 14.9. The smallest absolute Gasteiger partial charge is 0.00830 e.